The van der Waals surface area contributed by atoms with Crippen LogP contribution in [0.1, 0.15) is 26.2 Å². The van der Waals surface area contributed by atoms with Crippen LogP contribution in [-0.2, 0) is 9.59 Å². The van der Waals surface area contributed by atoms with E-state index in [1.165, 1.54) is 6.92 Å². The van der Waals surface area contributed by atoms with Gasteiger partial charge in [-0.25, -0.2) is 4.79 Å². The number of nitrogens with one attached hydrogen (secondary N) is 2. The maximum Gasteiger partial charge on any atom is 0.312 e. The molecule has 96 valence electrons. The van der Waals surface area contributed by atoms with Crippen molar-refractivity contribution in [3.05, 3.63) is 0 Å². The summed E-state index contributed by atoms with van der Waals surface area (Å²) >= 11 is 0. The van der Waals surface area contributed by atoms with E-state index >= 15 is 0 Å². The first-order chi connectivity index (χ1) is 7.90. The van der Waals surface area contributed by atoms with Gasteiger partial charge < -0.3 is 21.5 Å². The lowest BCUT2D eigenvalue weighted by Gasteiger charge is -2.19. The van der Waals surface area contributed by atoms with Gasteiger partial charge in [-0.05, 0) is 25.7 Å². The second-order valence-corrected chi connectivity index (χ2v) is 4.28. The van der Waals surface area contributed by atoms with Crippen LogP contribution in [0.4, 0.5) is 4.79 Å². The summed E-state index contributed by atoms with van der Waals surface area (Å²) in [5.74, 6) is -1.13. The number of urea groups is 1. The number of amides is 3. The zero-order valence-electron chi connectivity index (χ0n) is 9.60. The Labute approximate surface area is 98.7 Å². The summed E-state index contributed by atoms with van der Waals surface area (Å²) in [4.78, 5) is 32.8. The first kappa shape index (κ1) is 13.3. The fraction of sp³-hybridized carbons (Fsp3) is 0.700. The summed E-state index contributed by atoms with van der Waals surface area (Å²) in [6.07, 6.45) is 1.76. The molecule has 7 nitrogen and oxygen atoms in total. The van der Waals surface area contributed by atoms with Crippen molar-refractivity contribution in [3.8, 4) is 0 Å². The molecule has 5 N–H and O–H groups in total. The van der Waals surface area contributed by atoms with E-state index in [0.717, 1.165) is 12.8 Å². The second kappa shape index (κ2) is 5.51. The molecule has 0 aromatic rings. The van der Waals surface area contributed by atoms with Gasteiger partial charge in [0.05, 0.1) is 6.42 Å². The number of carboxylic acid groups (broad SMARTS) is 1. The van der Waals surface area contributed by atoms with Gasteiger partial charge in [0.25, 0.3) is 0 Å². The highest BCUT2D eigenvalue weighted by Gasteiger charge is 2.34. The smallest absolute Gasteiger partial charge is 0.312 e. The van der Waals surface area contributed by atoms with Gasteiger partial charge in [-0.2, -0.15) is 0 Å². The molecule has 1 fully saturated rings. The Hall–Kier alpha value is -1.79. The molecule has 1 rings (SSSR count). The van der Waals surface area contributed by atoms with Gasteiger partial charge in [0.1, 0.15) is 6.04 Å². The van der Waals surface area contributed by atoms with Crippen molar-refractivity contribution in [2.75, 3.05) is 0 Å². The monoisotopic (exact) mass is 243 g/mol. The molecule has 0 spiro atoms. The highest BCUT2D eigenvalue weighted by molar-refractivity contribution is 5.86. The minimum atomic E-state index is -0.947. The highest BCUT2D eigenvalue weighted by atomic mass is 16.4. The average Bonchev–Trinajstić information content (AvgIpc) is 2.97. The number of nitrogens with two attached hydrogens (primary N) is 1. The molecular weight excluding hydrogens is 226 g/mol. The van der Waals surface area contributed by atoms with Gasteiger partial charge in [-0.15, -0.1) is 0 Å². The summed E-state index contributed by atoms with van der Waals surface area (Å²) in [5.41, 5.74) is 4.89. The molecule has 1 aliphatic carbocycles. The maximum atomic E-state index is 11.6. The lowest BCUT2D eigenvalue weighted by atomic mass is 10.1. The van der Waals surface area contributed by atoms with Crippen molar-refractivity contribution in [1.82, 2.24) is 10.6 Å². The Bertz CT molecular complexity index is 328. The molecule has 0 aromatic heterocycles. The standard InChI is InChI=1S/C10H17N3O4/c1-5(12-10(11)17)9(16)13-7(4-8(14)15)6-2-3-6/h5-7H,2-4H2,1H3,(H,13,16)(H,14,15)(H3,11,12,17). The molecular formula is C10H17N3O4. The average molecular weight is 243 g/mol. The number of carboxylic acids is 1. The second-order valence-electron chi connectivity index (χ2n) is 4.28. The summed E-state index contributed by atoms with van der Waals surface area (Å²) in [5, 5.41) is 13.6. The molecule has 17 heavy (non-hydrogen) atoms. The van der Waals surface area contributed by atoms with Crippen LogP contribution in [0.2, 0.25) is 0 Å². The van der Waals surface area contributed by atoms with Crippen molar-refractivity contribution < 1.29 is 19.5 Å². The highest BCUT2D eigenvalue weighted by Crippen LogP contribution is 2.34. The van der Waals surface area contributed by atoms with Crippen molar-refractivity contribution >= 4 is 17.9 Å². The molecule has 2 unspecified atom stereocenters. The Morgan fingerprint density at radius 2 is 1.94 bits per heavy atom. The first-order valence-electron chi connectivity index (χ1n) is 5.48. The van der Waals surface area contributed by atoms with E-state index in [2.05, 4.69) is 10.6 Å². The molecule has 1 aliphatic rings. The van der Waals surface area contributed by atoms with Crippen molar-refractivity contribution in [3.63, 3.8) is 0 Å². The molecule has 0 bridgehead atoms. The fourth-order valence-electron chi connectivity index (χ4n) is 1.61. The van der Waals surface area contributed by atoms with E-state index in [1.807, 2.05) is 0 Å². The van der Waals surface area contributed by atoms with Crippen LogP contribution in [0.25, 0.3) is 0 Å². The number of hydrogen-bond acceptors (Lipinski definition) is 3. The zero-order valence-corrected chi connectivity index (χ0v) is 9.60. The first-order valence-corrected chi connectivity index (χ1v) is 5.48. The SMILES string of the molecule is CC(NC(N)=O)C(=O)NC(CC(=O)O)C1CC1. The number of hydrogen-bond donors (Lipinski definition) is 4. The third kappa shape index (κ3) is 4.71. The van der Waals surface area contributed by atoms with Crippen LogP contribution in [0.15, 0.2) is 0 Å². The van der Waals surface area contributed by atoms with Gasteiger partial charge >= 0.3 is 12.0 Å². The minimum absolute atomic E-state index is 0.0975. The lowest BCUT2D eigenvalue weighted by Crippen LogP contribution is -2.50. The van der Waals surface area contributed by atoms with Gasteiger partial charge in [-0.3, -0.25) is 9.59 Å². The molecule has 0 radical (unpaired) electrons. The van der Waals surface area contributed by atoms with Crippen LogP contribution in [0, 0.1) is 5.92 Å². The summed E-state index contributed by atoms with van der Waals surface area (Å²) in [7, 11) is 0. The summed E-state index contributed by atoms with van der Waals surface area (Å²) < 4.78 is 0. The Balaban J connectivity index is 2.45. The quantitative estimate of drug-likeness (QED) is 0.498. The molecule has 3 amide bonds. The Kier molecular flexibility index (Phi) is 4.30. The third-order valence-corrected chi connectivity index (χ3v) is 2.67. The van der Waals surface area contributed by atoms with Crippen LogP contribution in [0.5, 0.6) is 0 Å². The minimum Gasteiger partial charge on any atom is -0.481 e. The normalized spacial score (nSPS) is 17.9. The van der Waals surface area contributed by atoms with E-state index in [-0.39, 0.29) is 18.4 Å². The topological polar surface area (TPSA) is 122 Å². The van der Waals surface area contributed by atoms with Gasteiger partial charge in [-0.1, -0.05) is 0 Å². The summed E-state index contributed by atoms with van der Waals surface area (Å²) in [6.45, 7) is 1.49. The molecule has 0 heterocycles. The number of rotatable bonds is 6. The van der Waals surface area contributed by atoms with Gasteiger partial charge in [0, 0.05) is 6.04 Å². The lowest BCUT2D eigenvalue weighted by molar-refractivity contribution is -0.138. The van der Waals surface area contributed by atoms with Crippen LogP contribution >= 0.6 is 0 Å². The third-order valence-electron chi connectivity index (χ3n) is 2.67. The van der Waals surface area contributed by atoms with Crippen molar-refractivity contribution in [2.24, 2.45) is 11.7 Å². The summed E-state index contributed by atoms with van der Waals surface area (Å²) in [6, 6.07) is -1.91. The number of carbonyl (C=O) groups excluding carboxylic acids is 2. The zero-order chi connectivity index (χ0) is 13.0. The molecule has 0 aliphatic heterocycles. The predicted octanol–water partition coefficient (Wildman–Crippen LogP) is -0.587. The van der Waals surface area contributed by atoms with E-state index in [1.54, 1.807) is 0 Å². The van der Waals surface area contributed by atoms with Crippen LogP contribution in [-0.4, -0.2) is 35.1 Å². The van der Waals surface area contributed by atoms with E-state index < -0.39 is 23.9 Å². The Morgan fingerprint density at radius 1 is 1.35 bits per heavy atom. The molecule has 0 aromatic carbocycles. The van der Waals surface area contributed by atoms with Gasteiger partial charge in [0.2, 0.25) is 5.91 Å². The molecule has 1 saturated carbocycles. The van der Waals surface area contributed by atoms with Crippen LogP contribution in [0.3, 0.4) is 0 Å². The van der Waals surface area contributed by atoms with Crippen LogP contribution < -0.4 is 16.4 Å². The van der Waals surface area contributed by atoms with E-state index in [4.69, 9.17) is 10.8 Å². The number of carbonyl (C=O) groups is 3. The number of aliphatic carboxylic acids is 1. The number of primary amides is 1. The molecule has 7 heteroatoms. The van der Waals surface area contributed by atoms with Crippen molar-refractivity contribution in [1.29, 1.82) is 0 Å². The Morgan fingerprint density at radius 3 is 2.35 bits per heavy atom. The van der Waals surface area contributed by atoms with Gasteiger partial charge in [0.15, 0.2) is 0 Å². The van der Waals surface area contributed by atoms with Crippen molar-refractivity contribution in [2.45, 2.75) is 38.3 Å². The largest absolute Gasteiger partial charge is 0.481 e. The maximum absolute atomic E-state index is 11.6. The fourth-order valence-corrected chi connectivity index (χ4v) is 1.61. The van der Waals surface area contributed by atoms with E-state index in [9.17, 15) is 14.4 Å². The molecule has 0 saturated heterocycles. The predicted molar refractivity (Wildman–Crippen MR) is 59.1 cm³/mol. The van der Waals surface area contributed by atoms with E-state index in [0.29, 0.717) is 0 Å². The molecule has 2 atom stereocenters.